The fraction of sp³-hybridized carbons (Fsp3) is 0.280. The van der Waals surface area contributed by atoms with E-state index >= 15 is 0 Å². The van der Waals surface area contributed by atoms with Gasteiger partial charge in [-0.15, -0.1) is 6.58 Å². The van der Waals surface area contributed by atoms with E-state index in [0.717, 1.165) is 0 Å². The van der Waals surface area contributed by atoms with E-state index in [2.05, 4.69) is 11.6 Å². The number of halogens is 1. The number of ketones is 1. The average molecular weight is 439 g/mol. The van der Waals surface area contributed by atoms with Gasteiger partial charge in [0.15, 0.2) is 11.5 Å². The number of methoxy groups -OCH3 is 1. The Morgan fingerprint density at radius 1 is 1.09 bits per heavy atom. The molecular formula is C25H26FNO5. The summed E-state index contributed by atoms with van der Waals surface area (Å²) in [6, 6.07) is 12.5. The lowest BCUT2D eigenvalue weighted by Crippen LogP contribution is -2.09. The zero-order valence-electron chi connectivity index (χ0n) is 18.0. The van der Waals surface area contributed by atoms with Crippen LogP contribution in [0, 0.1) is 0 Å². The minimum Gasteiger partial charge on any atom is -0.493 e. The number of rotatable bonds is 13. The first kappa shape index (κ1) is 23.1. The molecule has 0 aliphatic heterocycles. The topological polar surface area (TPSA) is 70.8 Å². The summed E-state index contributed by atoms with van der Waals surface area (Å²) in [4.78, 5) is 17.0. The molecule has 0 N–H and O–H groups in total. The van der Waals surface area contributed by atoms with E-state index in [0.29, 0.717) is 53.0 Å². The molecule has 3 aromatic rings. The number of aromatic nitrogens is 1. The molecule has 1 heterocycles. The van der Waals surface area contributed by atoms with E-state index in [-0.39, 0.29) is 25.2 Å². The lowest BCUT2D eigenvalue weighted by Gasteiger charge is -2.10. The number of nitrogens with zero attached hydrogens (tertiary/aromatic N) is 1. The Labute approximate surface area is 186 Å². The molecule has 7 heteroatoms. The van der Waals surface area contributed by atoms with Crippen LogP contribution in [0.15, 0.2) is 65.8 Å². The van der Waals surface area contributed by atoms with Crippen molar-refractivity contribution in [2.75, 3.05) is 27.0 Å². The van der Waals surface area contributed by atoms with Crippen molar-refractivity contribution in [2.45, 2.75) is 19.3 Å². The van der Waals surface area contributed by atoms with Crippen molar-refractivity contribution >= 4 is 5.78 Å². The third kappa shape index (κ3) is 6.20. The zero-order chi connectivity index (χ0) is 22.8. The largest absolute Gasteiger partial charge is 0.493 e. The number of oxazole rings is 1. The van der Waals surface area contributed by atoms with E-state index in [1.54, 1.807) is 43.5 Å². The SMILES string of the molecule is C=CCCOc1cc(-c2nc(CC(=O)Cc3ccccc3OCCF)co2)ccc1OC. The van der Waals surface area contributed by atoms with Gasteiger partial charge < -0.3 is 18.6 Å². The molecular weight excluding hydrogens is 413 g/mol. The second-order valence-electron chi connectivity index (χ2n) is 6.97. The van der Waals surface area contributed by atoms with Gasteiger partial charge in [0.1, 0.15) is 31.1 Å². The maximum atomic E-state index is 12.6. The van der Waals surface area contributed by atoms with Gasteiger partial charge in [-0.2, -0.15) is 0 Å². The van der Waals surface area contributed by atoms with Gasteiger partial charge in [-0.05, 0) is 30.7 Å². The van der Waals surface area contributed by atoms with Gasteiger partial charge in [0.05, 0.1) is 25.8 Å². The quantitative estimate of drug-likeness (QED) is 0.275. The molecule has 0 atom stereocenters. The molecule has 0 saturated heterocycles. The molecule has 6 nitrogen and oxygen atoms in total. The number of carbonyl (C=O) groups is 1. The monoisotopic (exact) mass is 439 g/mol. The number of benzene rings is 2. The Morgan fingerprint density at radius 2 is 1.91 bits per heavy atom. The van der Waals surface area contributed by atoms with Crippen LogP contribution in [0.25, 0.3) is 11.5 Å². The van der Waals surface area contributed by atoms with Crippen molar-refractivity contribution in [3.63, 3.8) is 0 Å². The van der Waals surface area contributed by atoms with Crippen molar-refractivity contribution in [2.24, 2.45) is 0 Å². The van der Waals surface area contributed by atoms with Gasteiger partial charge in [0, 0.05) is 17.5 Å². The normalized spacial score (nSPS) is 10.6. The summed E-state index contributed by atoms with van der Waals surface area (Å²) in [6.07, 6.45) is 4.23. The standard InChI is InChI=1S/C25H26FNO5/c1-3-4-12-30-24-15-19(9-10-23(24)29-2)25-27-20(17-32-25)16-21(28)14-18-7-5-6-8-22(18)31-13-11-26/h3,5-10,15,17H,1,4,11-14,16H2,2H3. The molecule has 168 valence electrons. The molecule has 0 fully saturated rings. The summed E-state index contributed by atoms with van der Waals surface area (Å²) in [5, 5.41) is 0. The van der Waals surface area contributed by atoms with E-state index in [1.807, 2.05) is 12.1 Å². The van der Waals surface area contributed by atoms with Gasteiger partial charge in [-0.3, -0.25) is 4.79 Å². The smallest absolute Gasteiger partial charge is 0.226 e. The Hall–Kier alpha value is -3.61. The maximum Gasteiger partial charge on any atom is 0.226 e. The van der Waals surface area contributed by atoms with Crippen LogP contribution in [-0.2, 0) is 17.6 Å². The summed E-state index contributed by atoms with van der Waals surface area (Å²) < 4.78 is 34.5. The van der Waals surface area contributed by atoms with Crippen molar-refractivity contribution in [3.8, 4) is 28.7 Å². The predicted molar refractivity (Wildman–Crippen MR) is 119 cm³/mol. The molecule has 0 unspecified atom stereocenters. The molecule has 0 bridgehead atoms. The van der Waals surface area contributed by atoms with Gasteiger partial charge in [-0.25, -0.2) is 9.37 Å². The number of Topliss-reactive ketones (excluding diaryl/α,β-unsaturated/α-hetero) is 1. The first-order valence-electron chi connectivity index (χ1n) is 10.3. The zero-order valence-corrected chi connectivity index (χ0v) is 18.0. The number of carbonyl (C=O) groups excluding carboxylic acids is 1. The molecule has 0 saturated carbocycles. The maximum absolute atomic E-state index is 12.6. The summed E-state index contributed by atoms with van der Waals surface area (Å²) in [5.74, 6) is 2.03. The van der Waals surface area contributed by atoms with Crippen molar-refractivity contribution in [1.82, 2.24) is 4.98 Å². The van der Waals surface area contributed by atoms with E-state index in [9.17, 15) is 9.18 Å². The molecule has 0 amide bonds. The van der Waals surface area contributed by atoms with E-state index in [4.69, 9.17) is 18.6 Å². The highest BCUT2D eigenvalue weighted by Crippen LogP contribution is 2.32. The van der Waals surface area contributed by atoms with Gasteiger partial charge in [0.25, 0.3) is 0 Å². The minimum absolute atomic E-state index is 0.0427. The predicted octanol–water partition coefficient (Wildman–Crippen LogP) is 5.01. The lowest BCUT2D eigenvalue weighted by molar-refractivity contribution is -0.117. The fourth-order valence-corrected chi connectivity index (χ4v) is 3.11. The molecule has 0 spiro atoms. The fourth-order valence-electron chi connectivity index (χ4n) is 3.11. The van der Waals surface area contributed by atoms with Crippen LogP contribution in [0.5, 0.6) is 17.2 Å². The Balaban J connectivity index is 1.68. The van der Waals surface area contributed by atoms with Crippen molar-refractivity contribution in [3.05, 3.63) is 72.6 Å². The van der Waals surface area contributed by atoms with Crippen LogP contribution >= 0.6 is 0 Å². The molecule has 32 heavy (non-hydrogen) atoms. The van der Waals surface area contributed by atoms with Crippen LogP contribution in [0.1, 0.15) is 17.7 Å². The second kappa shape index (κ2) is 11.7. The van der Waals surface area contributed by atoms with Crippen molar-refractivity contribution in [1.29, 1.82) is 0 Å². The molecule has 0 aliphatic carbocycles. The number of para-hydroxylation sites is 1. The summed E-state index contributed by atoms with van der Waals surface area (Å²) in [7, 11) is 1.57. The molecule has 2 aromatic carbocycles. The van der Waals surface area contributed by atoms with Crippen LogP contribution < -0.4 is 14.2 Å². The Morgan fingerprint density at radius 3 is 2.69 bits per heavy atom. The number of hydrogen-bond donors (Lipinski definition) is 0. The summed E-state index contributed by atoms with van der Waals surface area (Å²) >= 11 is 0. The molecule has 3 rings (SSSR count). The Kier molecular flexibility index (Phi) is 8.43. The third-order valence-electron chi connectivity index (χ3n) is 4.62. The summed E-state index contributed by atoms with van der Waals surface area (Å²) in [5.41, 5.74) is 1.95. The lowest BCUT2D eigenvalue weighted by atomic mass is 10.1. The van der Waals surface area contributed by atoms with Crippen molar-refractivity contribution < 1.29 is 27.8 Å². The van der Waals surface area contributed by atoms with Gasteiger partial charge in [-0.1, -0.05) is 24.3 Å². The highest BCUT2D eigenvalue weighted by Gasteiger charge is 2.15. The van der Waals surface area contributed by atoms with Gasteiger partial charge in [0.2, 0.25) is 5.89 Å². The van der Waals surface area contributed by atoms with Crippen LogP contribution in [0.3, 0.4) is 0 Å². The average Bonchev–Trinajstić information content (AvgIpc) is 3.27. The highest BCUT2D eigenvalue weighted by atomic mass is 19.1. The first-order valence-corrected chi connectivity index (χ1v) is 10.3. The van der Waals surface area contributed by atoms with Crippen LogP contribution in [0.2, 0.25) is 0 Å². The molecule has 0 radical (unpaired) electrons. The van der Waals surface area contributed by atoms with Gasteiger partial charge >= 0.3 is 0 Å². The Bertz CT molecular complexity index is 1050. The van der Waals surface area contributed by atoms with Crippen LogP contribution in [-0.4, -0.2) is 37.8 Å². The third-order valence-corrected chi connectivity index (χ3v) is 4.62. The molecule has 0 aliphatic rings. The molecule has 1 aromatic heterocycles. The minimum atomic E-state index is -0.587. The second-order valence-corrected chi connectivity index (χ2v) is 6.97. The first-order chi connectivity index (χ1) is 15.6. The van der Waals surface area contributed by atoms with E-state index < -0.39 is 6.67 Å². The number of hydrogen-bond acceptors (Lipinski definition) is 6. The highest BCUT2D eigenvalue weighted by molar-refractivity contribution is 5.83. The number of ether oxygens (including phenoxy) is 3. The van der Waals surface area contributed by atoms with Crippen LogP contribution in [0.4, 0.5) is 4.39 Å². The number of alkyl halides is 1. The van der Waals surface area contributed by atoms with E-state index in [1.165, 1.54) is 6.26 Å². The summed E-state index contributed by atoms with van der Waals surface area (Å²) in [6.45, 7) is 3.53.